The molecule has 1 N–H and O–H groups in total. The SMILES string of the molecule is Cc1ncsc1CNc1ccc(Cl)c(C(F)(F)F)c1. The second-order valence-electron chi connectivity index (χ2n) is 3.91. The van der Waals surface area contributed by atoms with Gasteiger partial charge in [0.05, 0.1) is 28.3 Å². The van der Waals surface area contributed by atoms with Gasteiger partial charge in [0, 0.05) is 10.6 Å². The highest BCUT2D eigenvalue weighted by atomic mass is 35.5. The largest absolute Gasteiger partial charge is 0.417 e. The first-order valence-corrected chi connectivity index (χ1v) is 6.63. The number of halogens is 4. The summed E-state index contributed by atoms with van der Waals surface area (Å²) in [5.74, 6) is 0. The summed E-state index contributed by atoms with van der Waals surface area (Å²) < 4.78 is 38.1. The Hall–Kier alpha value is -1.27. The summed E-state index contributed by atoms with van der Waals surface area (Å²) in [5, 5.41) is 2.64. The molecule has 2 aromatic rings. The molecule has 7 heteroatoms. The van der Waals surface area contributed by atoms with Crippen LogP contribution >= 0.6 is 22.9 Å². The molecule has 2 nitrogen and oxygen atoms in total. The first kappa shape index (κ1) is 14.1. The van der Waals surface area contributed by atoms with Gasteiger partial charge >= 0.3 is 6.18 Å². The predicted octanol–water partition coefficient (Wildman–Crippen LogP) is 4.74. The van der Waals surface area contributed by atoms with E-state index in [1.54, 1.807) is 5.51 Å². The highest BCUT2D eigenvalue weighted by Crippen LogP contribution is 2.36. The van der Waals surface area contributed by atoms with Crippen molar-refractivity contribution in [1.82, 2.24) is 4.98 Å². The van der Waals surface area contributed by atoms with Crippen LogP contribution in [0.3, 0.4) is 0 Å². The third kappa shape index (κ3) is 3.39. The lowest BCUT2D eigenvalue weighted by Crippen LogP contribution is -2.07. The van der Waals surface area contributed by atoms with Crippen molar-refractivity contribution in [3.8, 4) is 0 Å². The minimum absolute atomic E-state index is 0.299. The van der Waals surface area contributed by atoms with E-state index < -0.39 is 11.7 Å². The van der Waals surface area contributed by atoms with Crippen LogP contribution in [0, 0.1) is 6.92 Å². The van der Waals surface area contributed by atoms with E-state index in [1.165, 1.54) is 23.5 Å². The molecule has 102 valence electrons. The lowest BCUT2D eigenvalue weighted by molar-refractivity contribution is -0.137. The fraction of sp³-hybridized carbons (Fsp3) is 0.250. The second-order valence-corrected chi connectivity index (χ2v) is 5.25. The van der Waals surface area contributed by atoms with Gasteiger partial charge in [-0.2, -0.15) is 13.2 Å². The Bertz CT molecular complexity index is 581. The maximum Gasteiger partial charge on any atom is 0.417 e. The lowest BCUT2D eigenvalue weighted by atomic mass is 10.2. The number of rotatable bonds is 3. The predicted molar refractivity (Wildman–Crippen MR) is 70.6 cm³/mol. The van der Waals surface area contributed by atoms with E-state index >= 15 is 0 Å². The zero-order valence-electron chi connectivity index (χ0n) is 9.88. The average Bonchev–Trinajstić information content (AvgIpc) is 2.72. The molecular formula is C12H10ClF3N2S. The van der Waals surface area contributed by atoms with E-state index in [-0.39, 0.29) is 5.02 Å². The Morgan fingerprint density at radius 2 is 2.11 bits per heavy atom. The number of hydrogen-bond acceptors (Lipinski definition) is 3. The molecule has 0 unspecified atom stereocenters. The van der Waals surface area contributed by atoms with Crippen molar-refractivity contribution < 1.29 is 13.2 Å². The maximum atomic E-state index is 12.7. The molecule has 0 bridgehead atoms. The third-order valence-corrected chi connectivity index (χ3v) is 3.83. The van der Waals surface area contributed by atoms with Crippen LogP contribution in [0.5, 0.6) is 0 Å². The van der Waals surface area contributed by atoms with Crippen molar-refractivity contribution in [3.05, 3.63) is 44.9 Å². The number of nitrogens with zero attached hydrogens (tertiary/aromatic N) is 1. The topological polar surface area (TPSA) is 24.9 Å². The Morgan fingerprint density at radius 3 is 2.68 bits per heavy atom. The molecule has 0 aliphatic heterocycles. The zero-order valence-corrected chi connectivity index (χ0v) is 11.5. The molecule has 1 heterocycles. The van der Waals surface area contributed by atoms with Gasteiger partial charge in [0.2, 0.25) is 0 Å². The summed E-state index contributed by atoms with van der Waals surface area (Å²) in [7, 11) is 0. The number of benzene rings is 1. The summed E-state index contributed by atoms with van der Waals surface area (Å²) >= 11 is 7.01. The fourth-order valence-electron chi connectivity index (χ4n) is 1.53. The van der Waals surface area contributed by atoms with Crippen molar-refractivity contribution in [2.24, 2.45) is 0 Å². The van der Waals surface area contributed by atoms with E-state index in [9.17, 15) is 13.2 Å². The molecule has 19 heavy (non-hydrogen) atoms. The number of aromatic nitrogens is 1. The van der Waals surface area contributed by atoms with E-state index in [0.29, 0.717) is 12.2 Å². The molecule has 0 aliphatic rings. The zero-order chi connectivity index (χ0) is 14.0. The van der Waals surface area contributed by atoms with E-state index in [2.05, 4.69) is 10.3 Å². The molecule has 0 aliphatic carbocycles. The van der Waals surface area contributed by atoms with Gasteiger partial charge in [-0.05, 0) is 25.1 Å². The Kier molecular flexibility index (Phi) is 4.01. The van der Waals surface area contributed by atoms with Crippen LogP contribution in [-0.4, -0.2) is 4.98 Å². The summed E-state index contributed by atoms with van der Waals surface area (Å²) in [6.07, 6.45) is -4.45. The smallest absolute Gasteiger partial charge is 0.380 e. The number of hydrogen-bond donors (Lipinski definition) is 1. The van der Waals surface area contributed by atoms with Gasteiger partial charge < -0.3 is 5.32 Å². The highest BCUT2D eigenvalue weighted by Gasteiger charge is 2.33. The van der Waals surface area contributed by atoms with Crippen LogP contribution in [-0.2, 0) is 12.7 Å². The average molecular weight is 307 g/mol. The van der Waals surface area contributed by atoms with Gasteiger partial charge in [-0.15, -0.1) is 11.3 Å². The molecule has 0 saturated carbocycles. The monoisotopic (exact) mass is 306 g/mol. The molecule has 0 fully saturated rings. The summed E-state index contributed by atoms with van der Waals surface area (Å²) in [4.78, 5) is 5.07. The lowest BCUT2D eigenvalue weighted by Gasteiger charge is -2.12. The standard InChI is InChI=1S/C12H10ClF3N2S/c1-7-11(19-6-18-7)5-17-8-2-3-10(13)9(4-8)12(14,15)16/h2-4,6,17H,5H2,1H3. The minimum Gasteiger partial charge on any atom is -0.380 e. The molecular weight excluding hydrogens is 297 g/mol. The molecule has 0 radical (unpaired) electrons. The first-order valence-electron chi connectivity index (χ1n) is 5.37. The van der Waals surface area contributed by atoms with E-state index in [1.807, 2.05) is 6.92 Å². The molecule has 0 saturated heterocycles. The van der Waals surface area contributed by atoms with Gasteiger partial charge in [0.25, 0.3) is 0 Å². The van der Waals surface area contributed by atoms with Crippen LogP contribution in [0.2, 0.25) is 5.02 Å². The summed E-state index contributed by atoms with van der Waals surface area (Å²) in [5.41, 5.74) is 2.13. The molecule has 1 aromatic heterocycles. The normalized spacial score (nSPS) is 11.6. The van der Waals surface area contributed by atoms with Crippen LogP contribution in [0.1, 0.15) is 16.1 Å². The molecule has 0 amide bonds. The summed E-state index contributed by atoms with van der Waals surface area (Å²) in [6, 6.07) is 3.78. The van der Waals surface area contributed by atoms with Gasteiger partial charge in [0.1, 0.15) is 0 Å². The van der Waals surface area contributed by atoms with Crippen molar-refractivity contribution in [2.75, 3.05) is 5.32 Å². The van der Waals surface area contributed by atoms with Gasteiger partial charge in [-0.3, -0.25) is 0 Å². The number of aryl methyl sites for hydroxylation is 1. The van der Waals surface area contributed by atoms with Crippen molar-refractivity contribution in [1.29, 1.82) is 0 Å². The Balaban J connectivity index is 2.16. The number of anilines is 1. The van der Waals surface area contributed by atoms with Crippen LogP contribution in [0.15, 0.2) is 23.7 Å². The van der Waals surface area contributed by atoms with Crippen molar-refractivity contribution in [2.45, 2.75) is 19.6 Å². The number of nitrogens with one attached hydrogen (secondary N) is 1. The molecule has 0 spiro atoms. The molecule has 2 rings (SSSR count). The first-order chi connectivity index (χ1) is 8.88. The number of thiazole rings is 1. The fourth-order valence-corrected chi connectivity index (χ4v) is 2.47. The van der Waals surface area contributed by atoms with Crippen molar-refractivity contribution >= 4 is 28.6 Å². The van der Waals surface area contributed by atoms with Gasteiger partial charge in [-0.1, -0.05) is 11.6 Å². The van der Waals surface area contributed by atoms with Gasteiger partial charge in [0.15, 0.2) is 0 Å². The number of alkyl halides is 3. The van der Waals surface area contributed by atoms with Gasteiger partial charge in [-0.25, -0.2) is 4.98 Å². The van der Waals surface area contributed by atoms with Crippen LogP contribution in [0.25, 0.3) is 0 Å². The van der Waals surface area contributed by atoms with E-state index in [0.717, 1.165) is 16.6 Å². The third-order valence-electron chi connectivity index (χ3n) is 2.57. The quantitative estimate of drug-likeness (QED) is 0.886. The van der Waals surface area contributed by atoms with Crippen LogP contribution < -0.4 is 5.32 Å². The Labute approximate surface area is 117 Å². The maximum absolute atomic E-state index is 12.7. The summed E-state index contributed by atoms with van der Waals surface area (Å²) in [6.45, 7) is 2.30. The second kappa shape index (κ2) is 5.38. The van der Waals surface area contributed by atoms with Crippen LogP contribution in [0.4, 0.5) is 18.9 Å². The molecule has 1 aromatic carbocycles. The minimum atomic E-state index is -4.45. The highest BCUT2D eigenvalue weighted by molar-refractivity contribution is 7.09. The molecule has 0 atom stereocenters. The van der Waals surface area contributed by atoms with E-state index in [4.69, 9.17) is 11.6 Å². The van der Waals surface area contributed by atoms with Crippen molar-refractivity contribution in [3.63, 3.8) is 0 Å². The Morgan fingerprint density at radius 1 is 1.37 bits per heavy atom.